The van der Waals surface area contributed by atoms with Crippen LogP contribution in [0.15, 0.2) is 24.3 Å². The largest absolute Gasteiger partial charge is 0.508 e. The zero-order valence-corrected chi connectivity index (χ0v) is 14.5. The van der Waals surface area contributed by atoms with Crippen molar-refractivity contribution in [1.29, 1.82) is 0 Å². The summed E-state index contributed by atoms with van der Waals surface area (Å²) in [5.74, 6) is 0.313. The predicted octanol–water partition coefficient (Wildman–Crippen LogP) is 6.29. The Morgan fingerprint density at radius 3 is 2.33 bits per heavy atom. The number of benzene rings is 1. The van der Waals surface area contributed by atoms with E-state index in [1.54, 1.807) is 12.1 Å². The van der Waals surface area contributed by atoms with Crippen molar-refractivity contribution >= 4 is 23.2 Å². The second kappa shape index (κ2) is 11.2. The summed E-state index contributed by atoms with van der Waals surface area (Å²) < 4.78 is 0. The van der Waals surface area contributed by atoms with Gasteiger partial charge in [0.2, 0.25) is 0 Å². The molecule has 1 N–H and O–H groups in total. The van der Waals surface area contributed by atoms with Crippen LogP contribution in [0.1, 0.15) is 63.9 Å². The topological polar surface area (TPSA) is 20.2 Å². The number of hydrogen-bond donors (Lipinski definition) is 1. The van der Waals surface area contributed by atoms with Crippen LogP contribution in [0.4, 0.5) is 0 Å². The highest BCUT2D eigenvalue weighted by Gasteiger charge is 2.16. The summed E-state index contributed by atoms with van der Waals surface area (Å²) in [7, 11) is 0. The molecule has 0 aliphatic heterocycles. The molecule has 1 nitrogen and oxygen atoms in total. The molecule has 0 heterocycles. The minimum absolute atomic E-state index is 0.00431. The number of rotatable bonds is 11. The number of unbranched alkanes of at least 4 members (excludes halogenated alkanes) is 5. The van der Waals surface area contributed by atoms with Gasteiger partial charge in [0.1, 0.15) is 5.75 Å². The van der Waals surface area contributed by atoms with Crippen LogP contribution in [0.5, 0.6) is 5.75 Å². The van der Waals surface area contributed by atoms with Gasteiger partial charge < -0.3 is 5.11 Å². The van der Waals surface area contributed by atoms with Crippen LogP contribution in [-0.4, -0.2) is 15.9 Å². The van der Waals surface area contributed by atoms with Gasteiger partial charge in [-0.3, -0.25) is 0 Å². The summed E-state index contributed by atoms with van der Waals surface area (Å²) in [5.41, 5.74) is 1.11. The lowest BCUT2D eigenvalue weighted by atomic mass is 10.0. The van der Waals surface area contributed by atoms with Crippen LogP contribution < -0.4 is 0 Å². The zero-order chi connectivity index (χ0) is 15.5. The Labute approximate surface area is 139 Å². The molecule has 1 rings (SSSR count). The van der Waals surface area contributed by atoms with Crippen molar-refractivity contribution in [3.63, 3.8) is 0 Å². The summed E-state index contributed by atoms with van der Waals surface area (Å²) in [6.45, 7) is 2.24. The summed E-state index contributed by atoms with van der Waals surface area (Å²) in [4.78, 5) is 0. The van der Waals surface area contributed by atoms with Crippen molar-refractivity contribution in [2.45, 2.75) is 75.5 Å². The molecule has 0 spiro atoms. The minimum atomic E-state index is 0.00431. The predicted molar refractivity (Wildman–Crippen MR) is 93.7 cm³/mol. The molecule has 0 saturated heterocycles. The molecule has 0 aliphatic rings. The summed E-state index contributed by atoms with van der Waals surface area (Å²) >= 11 is 12.8. The average molecular weight is 331 g/mol. The first-order chi connectivity index (χ1) is 10.1. The molecule has 1 aromatic carbocycles. The Morgan fingerprint density at radius 1 is 0.952 bits per heavy atom. The summed E-state index contributed by atoms with van der Waals surface area (Å²) in [6, 6.07) is 7.35. The van der Waals surface area contributed by atoms with Gasteiger partial charge in [0.25, 0.3) is 0 Å². The maximum Gasteiger partial charge on any atom is 0.115 e. The van der Waals surface area contributed by atoms with Gasteiger partial charge in [0.05, 0.1) is 5.38 Å². The van der Waals surface area contributed by atoms with E-state index >= 15 is 0 Å². The zero-order valence-electron chi connectivity index (χ0n) is 13.0. The van der Waals surface area contributed by atoms with Crippen molar-refractivity contribution in [3.05, 3.63) is 29.8 Å². The molecule has 1 aromatic rings. The molecule has 0 aliphatic carbocycles. The molecule has 120 valence electrons. The van der Waals surface area contributed by atoms with Crippen molar-refractivity contribution in [3.8, 4) is 5.75 Å². The fourth-order valence-corrected chi connectivity index (χ4v) is 3.01. The molecule has 2 unspecified atom stereocenters. The fraction of sp³-hybridized carbons (Fsp3) is 0.667. The molecular formula is C18H28Cl2O. The second-order valence-corrected chi connectivity index (χ2v) is 6.92. The van der Waals surface area contributed by atoms with E-state index in [0.717, 1.165) is 24.8 Å². The Morgan fingerprint density at radius 2 is 1.62 bits per heavy atom. The van der Waals surface area contributed by atoms with Gasteiger partial charge in [-0.25, -0.2) is 0 Å². The molecule has 0 amide bonds. The van der Waals surface area contributed by atoms with Gasteiger partial charge in [0, 0.05) is 5.38 Å². The first kappa shape index (κ1) is 18.6. The third kappa shape index (κ3) is 8.58. The maximum atomic E-state index is 9.43. The van der Waals surface area contributed by atoms with E-state index in [0.29, 0.717) is 5.75 Å². The highest BCUT2D eigenvalue weighted by molar-refractivity contribution is 6.29. The van der Waals surface area contributed by atoms with Crippen LogP contribution in [0, 0.1) is 0 Å². The summed E-state index contributed by atoms with van der Waals surface area (Å²) in [5, 5.41) is 9.49. The van der Waals surface area contributed by atoms with Gasteiger partial charge in [-0.15, -0.1) is 23.2 Å². The lowest BCUT2D eigenvalue weighted by molar-refractivity contribution is 0.474. The van der Waals surface area contributed by atoms with E-state index in [2.05, 4.69) is 6.92 Å². The first-order valence-corrected chi connectivity index (χ1v) is 9.06. The fourth-order valence-electron chi connectivity index (χ4n) is 2.50. The number of phenols is 1. The number of halogens is 2. The third-order valence-corrected chi connectivity index (χ3v) is 5.02. The molecule has 0 aromatic heterocycles. The van der Waals surface area contributed by atoms with Gasteiger partial charge in [-0.2, -0.15) is 0 Å². The van der Waals surface area contributed by atoms with E-state index < -0.39 is 0 Å². The molecule has 0 bridgehead atoms. The molecule has 0 saturated carbocycles. The standard InChI is InChI=1S/C18H28Cl2O/c1-2-3-4-5-6-7-11-17(19)18(20)13-12-15-9-8-10-16(21)14-15/h8-10,14,17-18,21H,2-7,11-13H2,1H3. The van der Waals surface area contributed by atoms with E-state index in [1.807, 2.05) is 12.1 Å². The van der Waals surface area contributed by atoms with Gasteiger partial charge in [-0.05, 0) is 37.0 Å². The molecule has 3 heteroatoms. The van der Waals surface area contributed by atoms with Crippen molar-refractivity contribution in [2.24, 2.45) is 0 Å². The van der Waals surface area contributed by atoms with E-state index in [-0.39, 0.29) is 10.8 Å². The number of alkyl halides is 2. The van der Waals surface area contributed by atoms with E-state index in [1.165, 1.54) is 38.5 Å². The van der Waals surface area contributed by atoms with Crippen LogP contribution in [0.3, 0.4) is 0 Å². The molecule has 0 radical (unpaired) electrons. The molecule has 21 heavy (non-hydrogen) atoms. The van der Waals surface area contributed by atoms with Crippen molar-refractivity contribution < 1.29 is 5.11 Å². The lowest BCUT2D eigenvalue weighted by Gasteiger charge is -2.16. The van der Waals surface area contributed by atoms with Crippen LogP contribution >= 0.6 is 23.2 Å². The third-order valence-electron chi connectivity index (χ3n) is 3.85. The van der Waals surface area contributed by atoms with Crippen LogP contribution in [0.25, 0.3) is 0 Å². The van der Waals surface area contributed by atoms with Gasteiger partial charge in [0.15, 0.2) is 0 Å². The minimum Gasteiger partial charge on any atom is -0.508 e. The number of phenolic OH excluding ortho intramolecular Hbond substituents is 1. The van der Waals surface area contributed by atoms with Crippen LogP contribution in [-0.2, 0) is 6.42 Å². The molecule has 2 atom stereocenters. The average Bonchev–Trinajstić information content (AvgIpc) is 2.48. The van der Waals surface area contributed by atoms with Gasteiger partial charge in [-0.1, -0.05) is 57.6 Å². The lowest BCUT2D eigenvalue weighted by Crippen LogP contribution is -2.15. The highest BCUT2D eigenvalue weighted by Crippen LogP contribution is 2.23. The maximum absolute atomic E-state index is 9.43. The Bertz CT molecular complexity index is 381. The quantitative estimate of drug-likeness (QED) is 0.373. The Hall–Kier alpha value is -0.400. The van der Waals surface area contributed by atoms with E-state index in [9.17, 15) is 5.11 Å². The number of hydrogen-bond acceptors (Lipinski definition) is 1. The highest BCUT2D eigenvalue weighted by atomic mass is 35.5. The molecular weight excluding hydrogens is 303 g/mol. The summed E-state index contributed by atoms with van der Waals surface area (Å²) in [6.07, 6.45) is 10.4. The van der Waals surface area contributed by atoms with Crippen LogP contribution in [0.2, 0.25) is 0 Å². The molecule has 0 fully saturated rings. The number of aryl methyl sites for hydroxylation is 1. The SMILES string of the molecule is CCCCCCCCC(Cl)C(Cl)CCc1cccc(O)c1. The number of aromatic hydroxyl groups is 1. The van der Waals surface area contributed by atoms with Crippen molar-refractivity contribution in [1.82, 2.24) is 0 Å². The van der Waals surface area contributed by atoms with E-state index in [4.69, 9.17) is 23.2 Å². The van der Waals surface area contributed by atoms with Gasteiger partial charge >= 0.3 is 0 Å². The Kier molecular flexibility index (Phi) is 9.95. The first-order valence-electron chi connectivity index (χ1n) is 8.19. The Balaban J connectivity index is 2.14. The second-order valence-electron chi connectivity index (χ2n) is 5.80. The smallest absolute Gasteiger partial charge is 0.115 e. The van der Waals surface area contributed by atoms with Crippen molar-refractivity contribution in [2.75, 3.05) is 0 Å². The monoisotopic (exact) mass is 330 g/mol. The normalized spacial score (nSPS) is 14.0.